The van der Waals surface area contributed by atoms with Gasteiger partial charge in [-0.1, -0.05) is 41.9 Å². The van der Waals surface area contributed by atoms with E-state index < -0.39 is 17.5 Å². The second kappa shape index (κ2) is 7.59. The van der Waals surface area contributed by atoms with Crippen molar-refractivity contribution in [3.63, 3.8) is 0 Å². The first kappa shape index (κ1) is 19.6. The zero-order chi connectivity index (χ0) is 20.6. The minimum atomic E-state index is -2.35. The molecule has 2 aromatic carbocycles. The number of piperidine rings is 2. The Kier molecular flexibility index (Phi) is 5.13. The van der Waals surface area contributed by atoms with Crippen LogP contribution in [0.2, 0.25) is 5.02 Å². The lowest BCUT2D eigenvalue weighted by Crippen LogP contribution is -2.49. The number of nitrogens with one attached hydrogen (secondary N) is 1. The summed E-state index contributed by atoms with van der Waals surface area (Å²) in [5.74, 6) is -1.36. The van der Waals surface area contributed by atoms with E-state index in [1.165, 1.54) is 6.07 Å². The number of amides is 3. The van der Waals surface area contributed by atoms with Crippen LogP contribution in [0.15, 0.2) is 42.5 Å². The van der Waals surface area contributed by atoms with E-state index in [4.69, 9.17) is 11.6 Å². The van der Waals surface area contributed by atoms with Crippen molar-refractivity contribution in [1.82, 2.24) is 5.32 Å². The Hall–Kier alpha value is -2.73. The van der Waals surface area contributed by atoms with E-state index >= 15 is 4.39 Å². The van der Waals surface area contributed by atoms with Gasteiger partial charge in [-0.15, -0.1) is 0 Å². The molecule has 0 spiro atoms. The lowest BCUT2D eigenvalue weighted by atomic mass is 9.85. The molecule has 2 aromatic rings. The smallest absolute Gasteiger partial charge is 0.268 e. The highest BCUT2D eigenvalue weighted by Gasteiger charge is 2.46. The molecule has 2 aliphatic heterocycles. The maximum Gasteiger partial charge on any atom is 0.268 e. The molecule has 0 unspecified atom stereocenters. The number of hydrogen-bond acceptors (Lipinski definition) is 3. The highest BCUT2D eigenvalue weighted by molar-refractivity contribution is 6.34. The van der Waals surface area contributed by atoms with E-state index in [-0.39, 0.29) is 29.3 Å². The topological polar surface area (TPSA) is 66.5 Å². The molecule has 0 aliphatic carbocycles. The van der Waals surface area contributed by atoms with Crippen molar-refractivity contribution in [1.29, 1.82) is 0 Å². The summed E-state index contributed by atoms with van der Waals surface area (Å²) in [4.78, 5) is 37.4. The molecule has 2 heterocycles. The van der Waals surface area contributed by atoms with Gasteiger partial charge in [0.15, 0.2) is 0 Å². The van der Waals surface area contributed by atoms with Crippen molar-refractivity contribution >= 4 is 35.0 Å². The number of benzene rings is 2. The summed E-state index contributed by atoms with van der Waals surface area (Å²) in [6.07, 6.45) is 2.13. The Balaban J connectivity index is 1.66. The molecule has 0 aromatic heterocycles. The predicted octanol–water partition coefficient (Wildman–Crippen LogP) is 4.13. The first-order valence-electron chi connectivity index (χ1n) is 9.63. The maximum atomic E-state index is 15.5. The van der Waals surface area contributed by atoms with Crippen molar-refractivity contribution in [2.24, 2.45) is 0 Å². The van der Waals surface area contributed by atoms with Crippen LogP contribution >= 0.6 is 11.6 Å². The van der Waals surface area contributed by atoms with E-state index in [2.05, 4.69) is 5.32 Å². The van der Waals surface area contributed by atoms with Gasteiger partial charge in [0.25, 0.3) is 5.91 Å². The minimum absolute atomic E-state index is 0.0527. The van der Waals surface area contributed by atoms with Crippen LogP contribution in [0.25, 0.3) is 11.1 Å². The summed E-state index contributed by atoms with van der Waals surface area (Å²) in [5.41, 5.74) is -0.139. The van der Waals surface area contributed by atoms with Crippen LogP contribution < -0.4 is 10.2 Å². The third-order valence-corrected chi connectivity index (χ3v) is 5.96. The molecular weight excluding hydrogens is 395 g/mol. The molecule has 29 heavy (non-hydrogen) atoms. The summed E-state index contributed by atoms with van der Waals surface area (Å²) in [6, 6.07) is 12.2. The summed E-state index contributed by atoms with van der Waals surface area (Å²) < 4.78 is 15.5. The molecule has 0 saturated carbocycles. The van der Waals surface area contributed by atoms with Crippen molar-refractivity contribution in [3.05, 3.63) is 53.1 Å². The molecular formula is C22H20ClFN2O3. The van der Waals surface area contributed by atoms with Gasteiger partial charge in [-0.3, -0.25) is 19.7 Å². The molecule has 0 bridgehead atoms. The molecule has 4 rings (SSSR count). The Morgan fingerprint density at radius 1 is 1.00 bits per heavy atom. The number of nitrogens with zero attached hydrogens (tertiary/aromatic N) is 1. The average Bonchev–Trinajstić information content (AvgIpc) is 2.72. The second-order valence-electron chi connectivity index (χ2n) is 7.39. The fourth-order valence-corrected chi connectivity index (χ4v) is 4.29. The van der Waals surface area contributed by atoms with Gasteiger partial charge >= 0.3 is 0 Å². The van der Waals surface area contributed by atoms with Crippen LogP contribution in [0.4, 0.5) is 10.1 Å². The highest BCUT2D eigenvalue weighted by atomic mass is 35.5. The fraction of sp³-hybridized carbons (Fsp3) is 0.318. The number of alkyl halides is 1. The maximum absolute atomic E-state index is 15.5. The van der Waals surface area contributed by atoms with Gasteiger partial charge in [-0.25, -0.2) is 4.39 Å². The molecule has 2 saturated heterocycles. The van der Waals surface area contributed by atoms with Gasteiger partial charge < -0.3 is 4.90 Å². The van der Waals surface area contributed by atoms with Crippen molar-refractivity contribution in [2.75, 3.05) is 11.4 Å². The van der Waals surface area contributed by atoms with Crippen LogP contribution in [0.5, 0.6) is 0 Å². The molecule has 2 aliphatic rings. The van der Waals surface area contributed by atoms with Gasteiger partial charge in [-0.05, 0) is 30.5 Å². The molecule has 1 N–H and O–H groups in total. The number of carbonyl (C=O) groups is 3. The number of carbonyl (C=O) groups excluding carboxylic acids is 3. The monoisotopic (exact) mass is 414 g/mol. The standard InChI is InChI=1S/C22H20ClFN2O3/c23-20-16(4-3-5-17(20)22(24)12-11-18(27)25-21(22)29)14-7-9-15(10-8-14)26-13-2-1-6-19(26)28/h3-5,7-10H,1-2,6,11-13H2,(H,25,27,29)/t22-/m0/s1. The first-order chi connectivity index (χ1) is 13.9. The average molecular weight is 415 g/mol. The highest BCUT2D eigenvalue weighted by Crippen LogP contribution is 2.42. The molecule has 150 valence electrons. The lowest BCUT2D eigenvalue weighted by Gasteiger charge is -2.29. The Morgan fingerprint density at radius 2 is 1.76 bits per heavy atom. The van der Waals surface area contributed by atoms with Crippen molar-refractivity contribution in [3.8, 4) is 11.1 Å². The lowest BCUT2D eigenvalue weighted by molar-refractivity contribution is -0.144. The zero-order valence-corrected chi connectivity index (χ0v) is 16.5. The zero-order valence-electron chi connectivity index (χ0n) is 15.7. The number of halogens is 2. The first-order valence-corrected chi connectivity index (χ1v) is 10.0. The Labute approximate surface area is 172 Å². The summed E-state index contributed by atoms with van der Waals surface area (Å²) in [5, 5.41) is 2.19. The van der Waals surface area contributed by atoms with E-state index in [1.54, 1.807) is 17.0 Å². The Morgan fingerprint density at radius 3 is 2.45 bits per heavy atom. The van der Waals surface area contributed by atoms with Crippen LogP contribution in [-0.4, -0.2) is 24.3 Å². The van der Waals surface area contributed by atoms with Crippen LogP contribution in [-0.2, 0) is 20.1 Å². The molecule has 7 heteroatoms. The normalized spacial score (nSPS) is 22.6. The molecule has 2 fully saturated rings. The number of imide groups is 1. The van der Waals surface area contributed by atoms with E-state index in [0.29, 0.717) is 18.5 Å². The van der Waals surface area contributed by atoms with E-state index in [9.17, 15) is 14.4 Å². The summed E-state index contributed by atoms with van der Waals surface area (Å²) in [7, 11) is 0. The molecule has 3 amide bonds. The van der Waals surface area contributed by atoms with E-state index in [1.807, 2.05) is 24.3 Å². The minimum Gasteiger partial charge on any atom is -0.312 e. The van der Waals surface area contributed by atoms with Crippen LogP contribution in [0.3, 0.4) is 0 Å². The van der Waals surface area contributed by atoms with Gasteiger partial charge in [0, 0.05) is 42.6 Å². The van der Waals surface area contributed by atoms with Crippen molar-refractivity contribution in [2.45, 2.75) is 37.8 Å². The Bertz CT molecular complexity index is 992. The van der Waals surface area contributed by atoms with Crippen molar-refractivity contribution < 1.29 is 18.8 Å². The second-order valence-corrected chi connectivity index (χ2v) is 7.77. The SMILES string of the molecule is O=C1CC[C@](F)(c2cccc(-c3ccc(N4CCCCC4=O)cc3)c2Cl)C(=O)N1. The molecule has 0 radical (unpaired) electrons. The number of hydrogen-bond donors (Lipinski definition) is 1. The fourth-order valence-electron chi connectivity index (χ4n) is 3.91. The summed E-state index contributed by atoms with van der Waals surface area (Å²) in [6.45, 7) is 0.701. The van der Waals surface area contributed by atoms with Gasteiger partial charge in [0.2, 0.25) is 17.5 Å². The summed E-state index contributed by atoms with van der Waals surface area (Å²) >= 11 is 6.51. The van der Waals surface area contributed by atoms with Gasteiger partial charge in [0.1, 0.15) is 0 Å². The van der Waals surface area contributed by atoms with E-state index in [0.717, 1.165) is 24.1 Å². The number of rotatable bonds is 3. The van der Waals surface area contributed by atoms with Crippen LogP contribution in [0, 0.1) is 0 Å². The predicted molar refractivity (Wildman–Crippen MR) is 108 cm³/mol. The van der Waals surface area contributed by atoms with Gasteiger partial charge in [0.05, 0.1) is 5.02 Å². The molecule has 1 atom stereocenters. The quantitative estimate of drug-likeness (QED) is 0.768. The van der Waals surface area contributed by atoms with Crippen LogP contribution in [0.1, 0.15) is 37.7 Å². The third kappa shape index (κ3) is 3.53. The largest absolute Gasteiger partial charge is 0.312 e. The third-order valence-electron chi connectivity index (χ3n) is 5.55. The number of anilines is 1. The molecule has 5 nitrogen and oxygen atoms in total. The van der Waals surface area contributed by atoms with Gasteiger partial charge in [-0.2, -0.15) is 0 Å².